The maximum absolute atomic E-state index is 13.7. The smallest absolute Gasteiger partial charge is 0.341 e. The summed E-state index contributed by atoms with van der Waals surface area (Å²) in [5.74, 6) is -1.42. The molecule has 0 N–H and O–H groups in total. The zero-order valence-electron chi connectivity index (χ0n) is 22.8. The highest BCUT2D eigenvalue weighted by Gasteiger charge is 2.27. The van der Waals surface area contributed by atoms with Crippen molar-refractivity contribution in [2.24, 2.45) is 0 Å². The monoisotopic (exact) mass is 568 g/mol. The molecule has 0 unspecified atom stereocenters. The normalized spacial score (nSPS) is 11.4. The Balaban J connectivity index is 1.62. The summed E-state index contributed by atoms with van der Waals surface area (Å²) >= 11 is 0. The summed E-state index contributed by atoms with van der Waals surface area (Å²) in [6, 6.07) is 24.3. The number of fused-ring (bicyclic) bond motifs is 1. The first-order valence-corrected chi connectivity index (χ1v) is 14.5. The van der Waals surface area contributed by atoms with E-state index in [9.17, 15) is 18.0 Å². The van der Waals surface area contributed by atoms with Crippen LogP contribution in [-0.2, 0) is 26.1 Å². The van der Waals surface area contributed by atoms with Crippen molar-refractivity contribution in [1.82, 2.24) is 8.96 Å². The third kappa shape index (κ3) is 5.49. The maximum Gasteiger partial charge on any atom is 0.341 e. The maximum atomic E-state index is 13.7. The average molecular weight is 569 g/mol. The molecule has 0 aliphatic rings. The second kappa shape index (κ2) is 11.4. The van der Waals surface area contributed by atoms with E-state index in [-0.39, 0.29) is 34.9 Å². The number of aromatic nitrogens is 2. The standard InChI is InChI=1S/C32H28N2O6S/c1-4-39-31(35)26-18-28(33-22(3)30(26)32(36)40-20-23-10-6-5-7-11-23)27-19-34(29-13-9-8-12-25(27)29)41(37,38)24-16-14-21(2)15-17-24/h5-19H,4,20H2,1-3H3. The van der Waals surface area contributed by atoms with Gasteiger partial charge in [-0.15, -0.1) is 0 Å². The van der Waals surface area contributed by atoms with E-state index in [1.807, 2.05) is 37.3 Å². The van der Waals surface area contributed by atoms with E-state index in [2.05, 4.69) is 4.98 Å². The van der Waals surface area contributed by atoms with Crippen LogP contribution >= 0.6 is 0 Å². The van der Waals surface area contributed by atoms with Crippen molar-refractivity contribution >= 4 is 32.9 Å². The van der Waals surface area contributed by atoms with E-state index in [0.29, 0.717) is 22.2 Å². The molecule has 9 heteroatoms. The van der Waals surface area contributed by atoms with Gasteiger partial charge < -0.3 is 9.47 Å². The fourth-order valence-electron chi connectivity index (χ4n) is 4.61. The van der Waals surface area contributed by atoms with Crippen LogP contribution in [0.15, 0.2) is 96.0 Å². The molecule has 0 atom stereocenters. The van der Waals surface area contributed by atoms with Crippen molar-refractivity contribution in [2.75, 3.05) is 6.61 Å². The van der Waals surface area contributed by atoms with Gasteiger partial charge in [-0.3, -0.25) is 4.98 Å². The molecule has 0 spiro atoms. The second-order valence-corrected chi connectivity index (χ2v) is 11.3. The Morgan fingerprint density at radius 1 is 0.854 bits per heavy atom. The minimum absolute atomic E-state index is 0.000791. The summed E-state index contributed by atoms with van der Waals surface area (Å²) in [7, 11) is -3.95. The van der Waals surface area contributed by atoms with Gasteiger partial charge in [0.2, 0.25) is 0 Å². The Bertz CT molecular complexity index is 1860. The number of esters is 2. The van der Waals surface area contributed by atoms with Gasteiger partial charge in [0.1, 0.15) is 6.61 Å². The zero-order valence-corrected chi connectivity index (χ0v) is 23.6. The molecule has 0 bridgehead atoms. The molecule has 3 aromatic carbocycles. The lowest BCUT2D eigenvalue weighted by Crippen LogP contribution is -2.17. The van der Waals surface area contributed by atoms with Gasteiger partial charge in [0, 0.05) is 17.1 Å². The van der Waals surface area contributed by atoms with E-state index in [0.717, 1.165) is 11.1 Å². The Kier molecular flexibility index (Phi) is 7.72. The highest BCUT2D eigenvalue weighted by molar-refractivity contribution is 7.90. The topological polar surface area (TPSA) is 105 Å². The lowest BCUT2D eigenvalue weighted by Gasteiger charge is -2.13. The van der Waals surface area contributed by atoms with Crippen LogP contribution in [0.5, 0.6) is 0 Å². The minimum Gasteiger partial charge on any atom is -0.462 e. The van der Waals surface area contributed by atoms with Gasteiger partial charge in [0.15, 0.2) is 0 Å². The first-order chi connectivity index (χ1) is 19.7. The van der Waals surface area contributed by atoms with Gasteiger partial charge in [0.05, 0.1) is 39.5 Å². The summed E-state index contributed by atoms with van der Waals surface area (Å²) in [5, 5.41) is 0.615. The molecule has 0 saturated heterocycles. The highest BCUT2D eigenvalue weighted by atomic mass is 32.2. The second-order valence-electron chi connectivity index (χ2n) is 9.47. The number of benzene rings is 3. The quantitative estimate of drug-likeness (QED) is 0.209. The molecule has 5 rings (SSSR count). The van der Waals surface area contributed by atoms with E-state index in [1.54, 1.807) is 62.4 Å². The molecule has 0 aliphatic heterocycles. The van der Waals surface area contributed by atoms with Gasteiger partial charge in [-0.25, -0.2) is 22.0 Å². The van der Waals surface area contributed by atoms with Gasteiger partial charge in [-0.1, -0.05) is 66.2 Å². The average Bonchev–Trinajstić information content (AvgIpc) is 3.37. The van der Waals surface area contributed by atoms with Gasteiger partial charge in [0.25, 0.3) is 10.0 Å². The van der Waals surface area contributed by atoms with Crippen LogP contribution in [0, 0.1) is 13.8 Å². The van der Waals surface area contributed by atoms with E-state index < -0.39 is 22.0 Å². The number of aryl methyl sites for hydroxylation is 2. The number of ether oxygens (including phenoxy) is 2. The number of rotatable bonds is 8. The largest absolute Gasteiger partial charge is 0.462 e. The van der Waals surface area contributed by atoms with E-state index >= 15 is 0 Å². The first kappa shape index (κ1) is 27.8. The van der Waals surface area contributed by atoms with Crippen LogP contribution in [0.3, 0.4) is 0 Å². The van der Waals surface area contributed by atoms with Gasteiger partial charge in [-0.05, 0) is 50.6 Å². The Morgan fingerprint density at radius 3 is 2.24 bits per heavy atom. The molecule has 5 aromatic rings. The fraction of sp³-hybridized carbons (Fsp3) is 0.156. The Morgan fingerprint density at radius 2 is 1.54 bits per heavy atom. The molecule has 0 radical (unpaired) electrons. The van der Waals surface area contributed by atoms with Crippen LogP contribution in [0.25, 0.3) is 22.2 Å². The van der Waals surface area contributed by atoms with Crippen LogP contribution in [-0.4, -0.2) is 35.9 Å². The van der Waals surface area contributed by atoms with E-state index in [4.69, 9.17) is 9.47 Å². The summed E-state index contributed by atoms with van der Waals surface area (Å²) in [5.41, 5.74) is 3.23. The summed E-state index contributed by atoms with van der Waals surface area (Å²) in [4.78, 5) is 31.0. The molecular weight excluding hydrogens is 540 g/mol. The molecule has 0 aliphatic carbocycles. The van der Waals surface area contributed by atoms with E-state index in [1.165, 1.54) is 16.2 Å². The molecule has 8 nitrogen and oxygen atoms in total. The number of nitrogens with zero attached hydrogens (tertiary/aromatic N) is 2. The number of carbonyl (C=O) groups excluding carboxylic acids is 2. The number of hydrogen-bond donors (Lipinski definition) is 0. The summed E-state index contributed by atoms with van der Waals surface area (Å²) in [6.07, 6.45) is 1.49. The van der Waals surface area contributed by atoms with Crippen LogP contribution in [0.4, 0.5) is 0 Å². The van der Waals surface area contributed by atoms with Crippen molar-refractivity contribution in [2.45, 2.75) is 32.3 Å². The lowest BCUT2D eigenvalue weighted by atomic mass is 10.0. The lowest BCUT2D eigenvalue weighted by molar-refractivity contribution is 0.0443. The van der Waals surface area contributed by atoms with Crippen molar-refractivity contribution in [3.63, 3.8) is 0 Å². The molecule has 2 aromatic heterocycles. The van der Waals surface area contributed by atoms with Crippen molar-refractivity contribution in [3.8, 4) is 11.3 Å². The van der Waals surface area contributed by atoms with Crippen LogP contribution in [0.2, 0.25) is 0 Å². The molecule has 0 fully saturated rings. The van der Waals surface area contributed by atoms with Gasteiger partial charge in [-0.2, -0.15) is 0 Å². The van der Waals surface area contributed by atoms with Crippen molar-refractivity contribution in [3.05, 3.63) is 119 Å². The number of carbonyl (C=O) groups is 2. The molecular formula is C32H28N2O6S. The summed E-state index contributed by atoms with van der Waals surface area (Å²) in [6.45, 7) is 5.28. The number of hydrogen-bond acceptors (Lipinski definition) is 7. The SMILES string of the molecule is CCOC(=O)c1cc(-c2cn(S(=O)(=O)c3ccc(C)cc3)c3ccccc23)nc(C)c1C(=O)OCc1ccccc1. The van der Waals surface area contributed by atoms with Gasteiger partial charge >= 0.3 is 11.9 Å². The predicted molar refractivity (Wildman–Crippen MR) is 155 cm³/mol. The Hall–Kier alpha value is -4.76. The highest BCUT2D eigenvalue weighted by Crippen LogP contribution is 2.34. The van der Waals surface area contributed by atoms with Crippen molar-refractivity contribution < 1.29 is 27.5 Å². The van der Waals surface area contributed by atoms with Crippen LogP contribution < -0.4 is 0 Å². The number of pyridine rings is 1. The first-order valence-electron chi connectivity index (χ1n) is 13.0. The third-order valence-electron chi connectivity index (χ3n) is 6.64. The Labute approximate surface area is 238 Å². The minimum atomic E-state index is -3.95. The molecule has 2 heterocycles. The zero-order chi connectivity index (χ0) is 29.1. The molecule has 208 valence electrons. The van der Waals surface area contributed by atoms with Crippen LogP contribution in [0.1, 0.15) is 44.5 Å². The van der Waals surface area contributed by atoms with Crippen molar-refractivity contribution in [1.29, 1.82) is 0 Å². The molecule has 0 saturated carbocycles. The predicted octanol–water partition coefficient (Wildman–Crippen LogP) is 6.09. The molecule has 0 amide bonds. The molecule has 41 heavy (non-hydrogen) atoms. The number of para-hydroxylation sites is 1. The fourth-order valence-corrected chi connectivity index (χ4v) is 5.98. The summed E-state index contributed by atoms with van der Waals surface area (Å²) < 4.78 is 39.3. The third-order valence-corrected chi connectivity index (χ3v) is 8.33.